The highest BCUT2D eigenvalue weighted by molar-refractivity contribution is 7.71. The lowest BCUT2D eigenvalue weighted by molar-refractivity contribution is -0.176. The van der Waals surface area contributed by atoms with Gasteiger partial charge in [0.15, 0.2) is 11.0 Å². The predicted octanol–water partition coefficient (Wildman–Crippen LogP) is 4.35. The first-order valence-corrected chi connectivity index (χ1v) is 12.2. The molecule has 0 aliphatic carbocycles. The van der Waals surface area contributed by atoms with Crippen LogP contribution in [0.3, 0.4) is 0 Å². The lowest BCUT2D eigenvalue weighted by Crippen LogP contribution is -2.41. The zero-order valence-corrected chi connectivity index (χ0v) is 20.8. The SMILES string of the molecule is CC[C@@]12CO[C@@H](C1OCc1ccccc1)[C@H](n1cc(C)c(=O)n(C(=O)c3ccc(C)cc3)c1=S)O2. The minimum absolute atomic E-state index is 0.0698. The van der Waals surface area contributed by atoms with Crippen LogP contribution in [0.15, 0.2) is 65.6 Å². The van der Waals surface area contributed by atoms with Gasteiger partial charge >= 0.3 is 0 Å². The highest BCUT2D eigenvalue weighted by Crippen LogP contribution is 2.48. The number of fused-ring (bicyclic) bond motifs is 2. The number of hydrogen-bond acceptors (Lipinski definition) is 6. The minimum atomic E-state index is -0.630. The van der Waals surface area contributed by atoms with Crippen LogP contribution in [-0.2, 0) is 20.8 Å². The van der Waals surface area contributed by atoms with Crippen LogP contribution in [0.1, 0.15) is 46.6 Å². The molecule has 182 valence electrons. The van der Waals surface area contributed by atoms with E-state index in [2.05, 4.69) is 0 Å². The van der Waals surface area contributed by atoms with Crippen molar-refractivity contribution in [1.29, 1.82) is 0 Å². The molecule has 3 aromatic rings. The minimum Gasteiger partial charge on any atom is -0.368 e. The van der Waals surface area contributed by atoms with Crippen molar-refractivity contribution in [2.45, 2.75) is 57.8 Å². The molecule has 1 aromatic heterocycles. The monoisotopic (exact) mass is 492 g/mol. The summed E-state index contributed by atoms with van der Waals surface area (Å²) in [6, 6.07) is 17.0. The van der Waals surface area contributed by atoms with Crippen LogP contribution in [0.5, 0.6) is 0 Å². The molecule has 0 radical (unpaired) electrons. The van der Waals surface area contributed by atoms with Crippen LogP contribution in [0.25, 0.3) is 0 Å². The van der Waals surface area contributed by atoms with Crippen molar-refractivity contribution in [3.05, 3.63) is 98.2 Å². The number of hydrogen-bond donors (Lipinski definition) is 0. The van der Waals surface area contributed by atoms with E-state index in [4.69, 9.17) is 26.4 Å². The van der Waals surface area contributed by atoms with Gasteiger partial charge in [0.2, 0.25) is 0 Å². The highest BCUT2D eigenvalue weighted by atomic mass is 32.1. The van der Waals surface area contributed by atoms with Crippen molar-refractivity contribution in [3.63, 3.8) is 0 Å². The normalized spacial score (nSPS) is 25.2. The van der Waals surface area contributed by atoms with Crippen LogP contribution < -0.4 is 5.56 Å². The molecule has 7 nitrogen and oxygen atoms in total. The molecule has 1 unspecified atom stereocenters. The summed E-state index contributed by atoms with van der Waals surface area (Å²) in [5, 5.41) is 0. The molecule has 2 aliphatic rings. The Hall–Kier alpha value is -2.91. The van der Waals surface area contributed by atoms with Crippen molar-refractivity contribution >= 4 is 18.1 Å². The summed E-state index contributed by atoms with van der Waals surface area (Å²) in [5.41, 5.74) is 1.78. The van der Waals surface area contributed by atoms with Crippen molar-refractivity contribution < 1.29 is 19.0 Å². The molecular weight excluding hydrogens is 464 g/mol. The van der Waals surface area contributed by atoms with Crippen LogP contribution in [0, 0.1) is 18.6 Å². The lowest BCUT2D eigenvalue weighted by Gasteiger charge is -2.31. The third-order valence-corrected chi connectivity index (χ3v) is 7.30. The maximum absolute atomic E-state index is 13.3. The number of nitrogens with zero attached hydrogens (tertiary/aromatic N) is 2. The summed E-state index contributed by atoms with van der Waals surface area (Å²) in [6.07, 6.45) is 0.982. The fraction of sp³-hybridized carbons (Fsp3) is 0.370. The van der Waals surface area contributed by atoms with Gasteiger partial charge in [-0.2, -0.15) is 0 Å². The third kappa shape index (κ3) is 4.10. The summed E-state index contributed by atoms with van der Waals surface area (Å²) in [5.74, 6) is -0.469. The quantitative estimate of drug-likeness (QED) is 0.477. The second-order valence-corrected chi connectivity index (χ2v) is 9.60. The van der Waals surface area contributed by atoms with E-state index < -0.39 is 29.4 Å². The smallest absolute Gasteiger partial charge is 0.267 e. The van der Waals surface area contributed by atoms with E-state index in [0.29, 0.717) is 30.8 Å². The van der Waals surface area contributed by atoms with E-state index in [9.17, 15) is 9.59 Å². The average molecular weight is 493 g/mol. The summed E-state index contributed by atoms with van der Waals surface area (Å²) in [6.45, 7) is 6.49. The third-order valence-electron chi connectivity index (χ3n) is 6.91. The Kier molecular flexibility index (Phi) is 6.31. The van der Waals surface area contributed by atoms with Gasteiger partial charge in [-0.1, -0.05) is 55.0 Å². The summed E-state index contributed by atoms with van der Waals surface area (Å²) in [4.78, 5) is 26.3. The van der Waals surface area contributed by atoms with Crippen LogP contribution in [0.2, 0.25) is 0 Å². The van der Waals surface area contributed by atoms with E-state index in [1.807, 2.05) is 56.3 Å². The molecule has 0 saturated carbocycles. The first-order valence-electron chi connectivity index (χ1n) is 11.8. The second-order valence-electron chi connectivity index (χ2n) is 9.23. The van der Waals surface area contributed by atoms with Crippen molar-refractivity contribution in [3.8, 4) is 0 Å². The summed E-state index contributed by atoms with van der Waals surface area (Å²) < 4.78 is 21.8. The molecule has 0 N–H and O–H groups in total. The number of aryl methyl sites for hydroxylation is 2. The molecule has 3 heterocycles. The Morgan fingerprint density at radius 1 is 1.14 bits per heavy atom. The van der Waals surface area contributed by atoms with Gasteiger partial charge in [-0.25, -0.2) is 4.57 Å². The molecule has 4 atom stereocenters. The molecule has 8 heteroatoms. The van der Waals surface area contributed by atoms with Gasteiger partial charge in [0.1, 0.15) is 17.8 Å². The molecule has 0 spiro atoms. The van der Waals surface area contributed by atoms with Crippen molar-refractivity contribution in [2.24, 2.45) is 0 Å². The number of carbonyl (C=O) groups is 1. The molecular formula is C27H28N2O5S. The molecule has 2 aromatic carbocycles. The highest BCUT2D eigenvalue weighted by Gasteiger charge is 2.62. The van der Waals surface area contributed by atoms with Crippen LogP contribution in [0.4, 0.5) is 0 Å². The maximum atomic E-state index is 13.3. The molecule has 35 heavy (non-hydrogen) atoms. The summed E-state index contributed by atoms with van der Waals surface area (Å²) >= 11 is 5.67. The first kappa shape index (κ1) is 23.8. The van der Waals surface area contributed by atoms with Crippen LogP contribution in [-0.4, -0.2) is 39.5 Å². The molecule has 2 saturated heterocycles. The van der Waals surface area contributed by atoms with E-state index in [1.54, 1.807) is 29.8 Å². The Balaban J connectivity index is 1.50. The van der Waals surface area contributed by atoms with Crippen LogP contribution >= 0.6 is 12.2 Å². The standard InChI is InChI=1S/C27H28N2O5S/c1-4-27-16-33-21(22(27)32-15-19-8-6-5-7-9-19)25(34-27)28-14-18(3)23(30)29(26(28)35)24(31)20-12-10-17(2)11-13-20/h5-14,21-22,25H,4,15-16H2,1-3H3/t21-,22?,25+,27+/m0/s1. The molecule has 2 aliphatic heterocycles. The zero-order valence-electron chi connectivity index (χ0n) is 20.0. The van der Waals surface area contributed by atoms with Gasteiger partial charge in [-0.3, -0.25) is 14.2 Å². The molecule has 2 fully saturated rings. The lowest BCUT2D eigenvalue weighted by atomic mass is 9.96. The van der Waals surface area contributed by atoms with Gasteiger partial charge in [0.05, 0.1) is 13.2 Å². The Labute approximate surface area is 208 Å². The average Bonchev–Trinajstić information content (AvgIpc) is 3.38. The number of aromatic nitrogens is 2. The number of benzene rings is 2. The van der Waals surface area contributed by atoms with E-state index in [1.165, 1.54) is 0 Å². The van der Waals surface area contributed by atoms with Gasteiger partial charge in [-0.05, 0) is 50.2 Å². The first-order chi connectivity index (χ1) is 16.8. The second kappa shape index (κ2) is 9.28. The Bertz CT molecular complexity index is 1370. The van der Waals surface area contributed by atoms with Gasteiger partial charge in [0.25, 0.3) is 11.5 Å². The number of carbonyl (C=O) groups excluding carboxylic acids is 1. The fourth-order valence-corrected chi connectivity index (χ4v) is 5.16. The maximum Gasteiger partial charge on any atom is 0.267 e. The van der Waals surface area contributed by atoms with Gasteiger partial charge < -0.3 is 14.2 Å². The molecule has 2 bridgehead atoms. The molecule has 5 rings (SSSR count). The summed E-state index contributed by atoms with van der Waals surface area (Å²) in [7, 11) is 0. The van der Waals surface area contributed by atoms with E-state index in [0.717, 1.165) is 15.7 Å². The van der Waals surface area contributed by atoms with E-state index >= 15 is 0 Å². The Morgan fingerprint density at radius 3 is 2.54 bits per heavy atom. The topological polar surface area (TPSA) is 71.7 Å². The number of rotatable bonds is 6. The van der Waals surface area contributed by atoms with E-state index in [-0.39, 0.29) is 10.9 Å². The zero-order chi connectivity index (χ0) is 24.7. The van der Waals surface area contributed by atoms with Gasteiger partial charge in [0, 0.05) is 17.3 Å². The van der Waals surface area contributed by atoms with Gasteiger partial charge in [-0.15, -0.1) is 0 Å². The number of ether oxygens (including phenoxy) is 3. The Morgan fingerprint density at radius 2 is 1.86 bits per heavy atom. The molecule has 0 amide bonds. The van der Waals surface area contributed by atoms with Crippen molar-refractivity contribution in [2.75, 3.05) is 6.61 Å². The largest absolute Gasteiger partial charge is 0.368 e. The van der Waals surface area contributed by atoms with Crippen molar-refractivity contribution in [1.82, 2.24) is 9.13 Å². The predicted molar refractivity (Wildman–Crippen MR) is 133 cm³/mol. The fourth-order valence-electron chi connectivity index (χ4n) is 4.84.